The quantitative estimate of drug-likeness (QED) is 0.669. The van der Waals surface area contributed by atoms with Gasteiger partial charge in [-0.2, -0.15) is 0 Å². The largest absolute Gasteiger partial charge is 0.334 e. The van der Waals surface area contributed by atoms with E-state index in [1.54, 1.807) is 29.2 Å². The third kappa shape index (κ3) is 5.03. The summed E-state index contributed by atoms with van der Waals surface area (Å²) in [5.41, 5.74) is 2.39. The fourth-order valence-corrected chi connectivity index (χ4v) is 3.40. The van der Waals surface area contributed by atoms with Gasteiger partial charge in [0.2, 0.25) is 0 Å². The molecule has 0 radical (unpaired) electrons. The number of nitrogens with zero attached hydrogens (tertiary/aromatic N) is 1. The Morgan fingerprint density at radius 3 is 2.19 bits per heavy atom. The first-order valence-electron chi connectivity index (χ1n) is 9.28. The molecule has 1 heterocycles. The van der Waals surface area contributed by atoms with Crippen LogP contribution in [0.5, 0.6) is 0 Å². The van der Waals surface area contributed by atoms with E-state index < -0.39 is 11.8 Å². The third-order valence-electron chi connectivity index (χ3n) is 5.01. The number of carbonyl (C=O) groups is 3. The van der Waals surface area contributed by atoms with Crippen molar-refractivity contribution in [1.82, 2.24) is 4.90 Å². The van der Waals surface area contributed by atoms with Gasteiger partial charge in [-0.1, -0.05) is 30.3 Å². The summed E-state index contributed by atoms with van der Waals surface area (Å²) in [4.78, 5) is 37.5. The summed E-state index contributed by atoms with van der Waals surface area (Å²) in [6.07, 6.45) is 2.82. The predicted molar refractivity (Wildman–Crippen MR) is 105 cm³/mol. The van der Waals surface area contributed by atoms with Gasteiger partial charge in [-0.25, -0.2) is 0 Å². The fraction of sp³-hybridized carbons (Fsp3) is 0.318. The van der Waals surface area contributed by atoms with Gasteiger partial charge in [-0.3, -0.25) is 14.4 Å². The van der Waals surface area contributed by atoms with Gasteiger partial charge in [-0.15, -0.1) is 0 Å². The molecule has 0 atom stereocenters. The zero-order valence-corrected chi connectivity index (χ0v) is 15.5. The minimum atomic E-state index is -0.632. The van der Waals surface area contributed by atoms with Crippen LogP contribution in [0.25, 0.3) is 0 Å². The Kier molecular flexibility index (Phi) is 6.01. The number of anilines is 1. The molecule has 1 aliphatic rings. The van der Waals surface area contributed by atoms with E-state index in [4.69, 9.17) is 0 Å². The number of hydrogen-bond donors (Lipinski definition) is 1. The maximum atomic E-state index is 12.4. The monoisotopic (exact) mass is 364 g/mol. The maximum absolute atomic E-state index is 12.4. The third-order valence-corrected chi connectivity index (χ3v) is 5.01. The van der Waals surface area contributed by atoms with Gasteiger partial charge >= 0.3 is 11.8 Å². The normalized spacial score (nSPS) is 14.6. The molecule has 1 fully saturated rings. The maximum Gasteiger partial charge on any atom is 0.313 e. The average molecular weight is 364 g/mol. The predicted octanol–water partition coefficient (Wildman–Crippen LogP) is 3.31. The van der Waals surface area contributed by atoms with Gasteiger partial charge in [0, 0.05) is 24.3 Å². The lowest BCUT2D eigenvalue weighted by Gasteiger charge is -2.31. The van der Waals surface area contributed by atoms with E-state index in [-0.39, 0.29) is 5.78 Å². The number of hydrogen-bond acceptors (Lipinski definition) is 3. The number of benzene rings is 2. The molecular weight excluding hydrogens is 340 g/mol. The van der Waals surface area contributed by atoms with E-state index in [1.807, 2.05) is 18.2 Å². The summed E-state index contributed by atoms with van der Waals surface area (Å²) >= 11 is 0. The van der Waals surface area contributed by atoms with Gasteiger partial charge in [0.1, 0.15) is 0 Å². The molecule has 140 valence electrons. The standard InChI is InChI=1S/C22H24N2O3/c1-16(25)19-7-9-20(10-8-19)23-21(26)22(27)24-13-11-18(12-14-24)15-17-5-3-2-4-6-17/h2-10,18H,11-15H2,1H3,(H,23,26). The minimum Gasteiger partial charge on any atom is -0.334 e. The Labute approximate surface area is 159 Å². The molecule has 3 rings (SSSR count). The smallest absolute Gasteiger partial charge is 0.313 e. The molecule has 0 bridgehead atoms. The SMILES string of the molecule is CC(=O)c1ccc(NC(=O)C(=O)N2CCC(Cc3ccccc3)CC2)cc1. The molecule has 1 aliphatic heterocycles. The van der Waals surface area contributed by atoms with Crippen molar-refractivity contribution in [3.05, 3.63) is 65.7 Å². The number of nitrogens with one attached hydrogen (secondary N) is 1. The molecule has 2 aromatic rings. The number of ketones is 1. The number of likely N-dealkylation sites (tertiary alicyclic amines) is 1. The second-order valence-electron chi connectivity index (χ2n) is 7.01. The molecule has 0 spiro atoms. The van der Waals surface area contributed by atoms with Crippen molar-refractivity contribution in [1.29, 1.82) is 0 Å². The molecule has 0 saturated carbocycles. The van der Waals surface area contributed by atoms with Crippen molar-refractivity contribution >= 4 is 23.3 Å². The lowest BCUT2D eigenvalue weighted by molar-refractivity contribution is -0.144. The molecule has 1 N–H and O–H groups in total. The Balaban J connectivity index is 1.49. The lowest BCUT2D eigenvalue weighted by atomic mass is 9.90. The van der Waals surface area contributed by atoms with E-state index in [2.05, 4.69) is 17.4 Å². The number of carbonyl (C=O) groups excluding carboxylic acids is 3. The van der Waals surface area contributed by atoms with Crippen molar-refractivity contribution in [3.8, 4) is 0 Å². The van der Waals surface area contributed by atoms with Gasteiger partial charge in [0.25, 0.3) is 0 Å². The molecule has 2 aromatic carbocycles. The summed E-state index contributed by atoms with van der Waals surface area (Å²) in [5.74, 6) is -0.628. The van der Waals surface area contributed by atoms with Crippen molar-refractivity contribution in [2.45, 2.75) is 26.2 Å². The highest BCUT2D eigenvalue weighted by Gasteiger charge is 2.27. The van der Waals surface area contributed by atoms with Gasteiger partial charge in [0.05, 0.1) is 0 Å². The van der Waals surface area contributed by atoms with Crippen LogP contribution in [-0.2, 0) is 16.0 Å². The van der Waals surface area contributed by atoms with Crippen LogP contribution in [0.15, 0.2) is 54.6 Å². The van der Waals surface area contributed by atoms with E-state index in [0.717, 1.165) is 19.3 Å². The molecule has 1 saturated heterocycles. The number of Topliss-reactive ketones (excluding diaryl/α,β-unsaturated/α-hetero) is 1. The van der Waals surface area contributed by atoms with Crippen LogP contribution >= 0.6 is 0 Å². The minimum absolute atomic E-state index is 0.0395. The summed E-state index contributed by atoms with van der Waals surface area (Å²) in [6.45, 7) is 2.69. The van der Waals surface area contributed by atoms with Gasteiger partial charge < -0.3 is 10.2 Å². The number of rotatable bonds is 4. The van der Waals surface area contributed by atoms with E-state index in [0.29, 0.717) is 30.3 Å². The first-order valence-corrected chi connectivity index (χ1v) is 9.28. The average Bonchev–Trinajstić information content (AvgIpc) is 2.69. The second-order valence-corrected chi connectivity index (χ2v) is 7.01. The van der Waals surface area contributed by atoms with Gasteiger partial charge in [0.15, 0.2) is 5.78 Å². The van der Waals surface area contributed by atoms with Crippen molar-refractivity contribution < 1.29 is 14.4 Å². The Morgan fingerprint density at radius 2 is 1.59 bits per heavy atom. The molecule has 0 aliphatic carbocycles. The lowest BCUT2D eigenvalue weighted by Crippen LogP contribution is -2.44. The molecule has 0 unspecified atom stereocenters. The first-order chi connectivity index (χ1) is 13.0. The Morgan fingerprint density at radius 1 is 0.963 bits per heavy atom. The van der Waals surface area contributed by atoms with Crippen molar-refractivity contribution in [3.63, 3.8) is 0 Å². The van der Waals surface area contributed by atoms with Crippen LogP contribution < -0.4 is 5.32 Å². The second kappa shape index (κ2) is 8.62. The van der Waals surface area contributed by atoms with Crippen LogP contribution in [0.1, 0.15) is 35.7 Å². The van der Waals surface area contributed by atoms with Crippen LogP contribution in [-0.4, -0.2) is 35.6 Å². The van der Waals surface area contributed by atoms with E-state index in [9.17, 15) is 14.4 Å². The topological polar surface area (TPSA) is 66.5 Å². The number of amides is 2. The van der Waals surface area contributed by atoms with Crippen LogP contribution in [0, 0.1) is 5.92 Å². The Hall–Kier alpha value is -2.95. The highest BCUT2D eigenvalue weighted by molar-refractivity contribution is 6.39. The van der Waals surface area contributed by atoms with E-state index >= 15 is 0 Å². The zero-order valence-electron chi connectivity index (χ0n) is 15.5. The van der Waals surface area contributed by atoms with Crippen LogP contribution in [0.3, 0.4) is 0 Å². The highest BCUT2D eigenvalue weighted by Crippen LogP contribution is 2.22. The summed E-state index contributed by atoms with van der Waals surface area (Å²) < 4.78 is 0. The molecular formula is C22H24N2O3. The van der Waals surface area contributed by atoms with Crippen molar-refractivity contribution in [2.75, 3.05) is 18.4 Å². The zero-order chi connectivity index (χ0) is 19.2. The molecule has 5 heteroatoms. The fourth-order valence-electron chi connectivity index (χ4n) is 3.40. The van der Waals surface area contributed by atoms with Crippen LogP contribution in [0.4, 0.5) is 5.69 Å². The first kappa shape index (κ1) is 18.8. The van der Waals surface area contributed by atoms with Crippen molar-refractivity contribution in [2.24, 2.45) is 5.92 Å². The molecule has 27 heavy (non-hydrogen) atoms. The molecule has 5 nitrogen and oxygen atoms in total. The summed E-state index contributed by atoms with van der Waals surface area (Å²) in [5, 5.41) is 2.61. The molecule has 0 aromatic heterocycles. The highest BCUT2D eigenvalue weighted by atomic mass is 16.2. The summed E-state index contributed by atoms with van der Waals surface area (Å²) in [6, 6.07) is 16.9. The summed E-state index contributed by atoms with van der Waals surface area (Å²) in [7, 11) is 0. The number of piperidine rings is 1. The van der Waals surface area contributed by atoms with E-state index in [1.165, 1.54) is 12.5 Å². The van der Waals surface area contributed by atoms with Crippen LogP contribution in [0.2, 0.25) is 0 Å². The Bertz CT molecular complexity index is 807. The molecule has 2 amide bonds. The van der Waals surface area contributed by atoms with Gasteiger partial charge in [-0.05, 0) is 61.9 Å².